The maximum Gasteiger partial charge on any atom is 0.0642 e. The van der Waals surface area contributed by atoms with Crippen LogP contribution in [-0.2, 0) is 5.41 Å². The molecule has 3 aromatic rings. The van der Waals surface area contributed by atoms with Crippen LogP contribution in [0.1, 0.15) is 25.0 Å². The van der Waals surface area contributed by atoms with Crippen molar-refractivity contribution in [3.8, 4) is 0 Å². The number of hydrogen-bond donors (Lipinski definition) is 0. The van der Waals surface area contributed by atoms with E-state index < -0.39 is 0 Å². The molecule has 4 rings (SSSR count). The molecular weight excluding hydrogens is 423 g/mol. The van der Waals surface area contributed by atoms with Gasteiger partial charge in [-0.05, 0) is 42.3 Å². The van der Waals surface area contributed by atoms with Crippen LogP contribution in [0.4, 0.5) is 5.69 Å². The van der Waals surface area contributed by atoms with Crippen LogP contribution in [0.5, 0.6) is 0 Å². The monoisotopic (exact) mass is 454 g/mol. The molecule has 0 atom stereocenters. The van der Waals surface area contributed by atoms with E-state index in [1.807, 2.05) is 30.3 Å². The molecule has 0 bridgehead atoms. The summed E-state index contributed by atoms with van der Waals surface area (Å²) in [6.07, 6.45) is 0. The van der Waals surface area contributed by atoms with Gasteiger partial charge in [-0.3, -0.25) is 4.90 Å². The van der Waals surface area contributed by atoms with Crippen LogP contribution in [-0.4, -0.2) is 37.6 Å². The van der Waals surface area contributed by atoms with Crippen molar-refractivity contribution in [2.24, 2.45) is 0 Å². The first-order valence-corrected chi connectivity index (χ1v) is 11.6. The predicted molar refractivity (Wildman–Crippen MR) is 136 cm³/mol. The van der Waals surface area contributed by atoms with Crippen LogP contribution in [0.2, 0.25) is 10.0 Å². The van der Waals surface area contributed by atoms with Crippen molar-refractivity contribution >= 4 is 28.9 Å². The van der Waals surface area contributed by atoms with Crippen LogP contribution < -0.4 is 4.90 Å². The summed E-state index contributed by atoms with van der Waals surface area (Å²) in [6.45, 7) is 12.1. The summed E-state index contributed by atoms with van der Waals surface area (Å²) in [4.78, 5) is 4.99. The molecule has 0 amide bonds. The van der Waals surface area contributed by atoms with Crippen molar-refractivity contribution in [1.29, 1.82) is 0 Å². The molecule has 0 N–H and O–H groups in total. The van der Waals surface area contributed by atoms with E-state index in [2.05, 4.69) is 79.1 Å². The minimum atomic E-state index is 0.172. The van der Waals surface area contributed by atoms with Crippen molar-refractivity contribution in [2.75, 3.05) is 37.6 Å². The van der Waals surface area contributed by atoms with Crippen molar-refractivity contribution in [3.05, 3.63) is 100 Å². The van der Waals surface area contributed by atoms with Crippen LogP contribution >= 0.6 is 23.2 Å². The van der Waals surface area contributed by atoms with Gasteiger partial charge in [-0.15, -0.1) is 0 Å². The molecule has 164 valence electrons. The molecule has 0 unspecified atom stereocenters. The van der Waals surface area contributed by atoms with Gasteiger partial charge in [-0.1, -0.05) is 91.6 Å². The van der Waals surface area contributed by atoms with Crippen LogP contribution in [0.3, 0.4) is 0 Å². The van der Waals surface area contributed by atoms with Crippen molar-refractivity contribution in [3.63, 3.8) is 0 Å². The summed E-state index contributed by atoms with van der Waals surface area (Å²) in [5, 5.41) is 1.66. The first kappa shape index (κ1) is 23.7. The number of hydrogen-bond acceptors (Lipinski definition) is 2. The van der Waals surface area contributed by atoms with Gasteiger partial charge in [0.2, 0.25) is 0 Å². The van der Waals surface area contributed by atoms with Gasteiger partial charge in [0.05, 0.1) is 10.7 Å². The Morgan fingerprint density at radius 1 is 0.774 bits per heavy atom. The molecule has 1 heterocycles. The summed E-state index contributed by atoms with van der Waals surface area (Å²) in [5.41, 5.74) is 3.97. The number of nitrogens with zero attached hydrogens (tertiary/aromatic N) is 2. The highest BCUT2D eigenvalue weighted by atomic mass is 35.5. The van der Waals surface area contributed by atoms with E-state index in [-0.39, 0.29) is 5.41 Å². The number of anilines is 1. The van der Waals surface area contributed by atoms with E-state index in [0.717, 1.165) is 42.8 Å². The number of rotatable bonds is 4. The smallest absolute Gasteiger partial charge is 0.0642 e. The maximum atomic E-state index is 6.43. The third-order valence-corrected chi connectivity index (χ3v) is 6.28. The van der Waals surface area contributed by atoms with Crippen molar-refractivity contribution in [2.45, 2.75) is 26.2 Å². The minimum absolute atomic E-state index is 0.172. The molecule has 4 heteroatoms. The molecule has 31 heavy (non-hydrogen) atoms. The molecule has 0 spiro atoms. The van der Waals surface area contributed by atoms with E-state index in [1.54, 1.807) is 0 Å². The highest BCUT2D eigenvalue weighted by molar-refractivity contribution is 6.33. The third kappa shape index (κ3) is 7.00. The minimum Gasteiger partial charge on any atom is -0.368 e. The number of piperazine rings is 1. The zero-order valence-corrected chi connectivity index (χ0v) is 20.2. The number of benzene rings is 3. The first-order valence-electron chi connectivity index (χ1n) is 10.8. The Balaban J connectivity index is 0.000000330. The quantitative estimate of drug-likeness (QED) is 0.414. The third-order valence-electron chi connectivity index (χ3n) is 5.72. The van der Waals surface area contributed by atoms with Crippen LogP contribution in [0.25, 0.3) is 0 Å². The Labute approximate surface area is 197 Å². The van der Waals surface area contributed by atoms with E-state index in [0.29, 0.717) is 0 Å². The van der Waals surface area contributed by atoms with Gasteiger partial charge < -0.3 is 4.90 Å². The molecule has 0 aromatic heterocycles. The largest absolute Gasteiger partial charge is 0.368 e. The first-order chi connectivity index (χ1) is 14.8. The molecule has 1 saturated heterocycles. The average Bonchev–Trinajstić information content (AvgIpc) is 2.76. The van der Waals surface area contributed by atoms with Crippen molar-refractivity contribution in [1.82, 2.24) is 4.90 Å². The zero-order chi connectivity index (χ0) is 22.3. The molecule has 0 radical (unpaired) electrons. The fourth-order valence-corrected chi connectivity index (χ4v) is 4.47. The summed E-state index contributed by atoms with van der Waals surface area (Å²) in [7, 11) is 0. The SMILES string of the molecule is Cc1ccc(N2CCN(CC(C)(C)c3ccccc3)CC2)c(Cl)c1.Clc1ccccc1. The molecule has 2 nitrogen and oxygen atoms in total. The Morgan fingerprint density at radius 3 is 1.87 bits per heavy atom. The highest BCUT2D eigenvalue weighted by Crippen LogP contribution is 2.29. The normalized spacial score (nSPS) is 14.7. The molecule has 0 saturated carbocycles. The lowest BCUT2D eigenvalue weighted by atomic mass is 9.84. The lowest BCUT2D eigenvalue weighted by molar-refractivity contribution is 0.212. The number of halogens is 2. The van der Waals surface area contributed by atoms with Crippen molar-refractivity contribution < 1.29 is 0 Å². The standard InChI is InChI=1S/C21H27ClN2.C6H5Cl/c1-17-9-10-20(19(22)15-17)24-13-11-23(12-14-24)16-21(2,3)18-7-5-4-6-8-18;7-6-4-2-1-3-5-6/h4-10,15H,11-14,16H2,1-3H3;1-5H. The second-order valence-electron chi connectivity index (χ2n) is 8.76. The second kappa shape index (κ2) is 11.0. The topological polar surface area (TPSA) is 6.48 Å². The Hall–Kier alpha value is -2.00. The van der Waals surface area contributed by atoms with E-state index >= 15 is 0 Å². The maximum absolute atomic E-state index is 6.43. The highest BCUT2D eigenvalue weighted by Gasteiger charge is 2.26. The van der Waals surface area contributed by atoms with E-state index in [9.17, 15) is 0 Å². The average molecular weight is 455 g/mol. The zero-order valence-electron chi connectivity index (χ0n) is 18.7. The Kier molecular flexibility index (Phi) is 8.43. The summed E-state index contributed by atoms with van der Waals surface area (Å²) in [5.74, 6) is 0. The molecule has 0 aliphatic carbocycles. The van der Waals surface area contributed by atoms with Gasteiger partial charge in [-0.25, -0.2) is 0 Å². The molecule has 1 aliphatic heterocycles. The van der Waals surface area contributed by atoms with Gasteiger partial charge in [0.1, 0.15) is 0 Å². The van der Waals surface area contributed by atoms with Gasteiger partial charge in [0, 0.05) is 43.2 Å². The Bertz CT molecular complexity index is 934. The Morgan fingerprint density at radius 2 is 1.35 bits per heavy atom. The summed E-state index contributed by atoms with van der Waals surface area (Å²) >= 11 is 12.0. The second-order valence-corrected chi connectivity index (χ2v) is 9.61. The lowest BCUT2D eigenvalue weighted by Crippen LogP contribution is -2.50. The lowest BCUT2D eigenvalue weighted by Gasteiger charge is -2.40. The summed E-state index contributed by atoms with van der Waals surface area (Å²) < 4.78 is 0. The van der Waals surface area contributed by atoms with Gasteiger partial charge >= 0.3 is 0 Å². The summed E-state index contributed by atoms with van der Waals surface area (Å²) in [6, 6.07) is 26.6. The molecule has 1 fully saturated rings. The predicted octanol–water partition coefficient (Wildman–Crippen LogP) is 7.09. The number of aryl methyl sites for hydroxylation is 1. The fourth-order valence-electron chi connectivity index (χ4n) is 3.97. The van der Waals surface area contributed by atoms with Gasteiger partial charge in [0.25, 0.3) is 0 Å². The van der Waals surface area contributed by atoms with Gasteiger partial charge in [-0.2, -0.15) is 0 Å². The van der Waals surface area contributed by atoms with E-state index in [1.165, 1.54) is 16.8 Å². The van der Waals surface area contributed by atoms with Crippen LogP contribution in [0, 0.1) is 6.92 Å². The van der Waals surface area contributed by atoms with Gasteiger partial charge in [0.15, 0.2) is 0 Å². The molecular formula is C27H32Cl2N2. The molecule has 3 aromatic carbocycles. The van der Waals surface area contributed by atoms with E-state index in [4.69, 9.17) is 23.2 Å². The fraction of sp³-hybridized carbons (Fsp3) is 0.333. The van der Waals surface area contributed by atoms with Crippen LogP contribution in [0.15, 0.2) is 78.9 Å². The molecule has 1 aliphatic rings.